The van der Waals surface area contributed by atoms with Crippen molar-refractivity contribution < 1.29 is 0 Å². The molecule has 0 aromatic heterocycles. The molecule has 114 valence electrons. The van der Waals surface area contributed by atoms with Crippen LogP contribution in [0.15, 0.2) is 18.2 Å². The maximum absolute atomic E-state index is 5.59. The largest absolute Gasteiger partial charge is 0.330 e. The maximum atomic E-state index is 5.59. The van der Waals surface area contributed by atoms with E-state index in [2.05, 4.69) is 51.2 Å². The van der Waals surface area contributed by atoms with Gasteiger partial charge in [-0.1, -0.05) is 45.9 Å². The highest BCUT2D eigenvalue weighted by Crippen LogP contribution is 2.25. The lowest BCUT2D eigenvalue weighted by Gasteiger charge is -2.21. The predicted octanol–water partition coefficient (Wildman–Crippen LogP) is 3.42. The molecule has 1 aromatic carbocycles. The fourth-order valence-electron chi connectivity index (χ4n) is 2.37. The first kappa shape index (κ1) is 17.2. The molecule has 0 saturated heterocycles. The molecule has 2 nitrogen and oxygen atoms in total. The van der Waals surface area contributed by atoms with E-state index in [1.807, 2.05) is 0 Å². The number of hydrogen-bond donors (Lipinski definition) is 2. The standard InChI is InChI=1S/C18H32N2/c1-5-20-11-9-16-12-15(8-6-7-10-19)13-17(14-16)18(2,3)4/h12-14,20H,5-11,19H2,1-4H3. The van der Waals surface area contributed by atoms with Gasteiger partial charge in [0.2, 0.25) is 0 Å². The van der Waals surface area contributed by atoms with Crippen LogP contribution < -0.4 is 11.1 Å². The van der Waals surface area contributed by atoms with Crippen molar-refractivity contribution in [1.82, 2.24) is 5.32 Å². The summed E-state index contributed by atoms with van der Waals surface area (Å²) in [5.41, 5.74) is 10.2. The van der Waals surface area contributed by atoms with E-state index >= 15 is 0 Å². The Hall–Kier alpha value is -0.860. The second kappa shape index (κ2) is 8.43. The number of nitrogens with two attached hydrogens (primary N) is 1. The minimum Gasteiger partial charge on any atom is -0.330 e. The third-order valence-corrected chi connectivity index (χ3v) is 3.68. The quantitative estimate of drug-likeness (QED) is 0.714. The molecule has 0 amide bonds. The summed E-state index contributed by atoms with van der Waals surface area (Å²) in [7, 11) is 0. The first-order valence-corrected chi connectivity index (χ1v) is 8.01. The Morgan fingerprint density at radius 2 is 1.65 bits per heavy atom. The van der Waals surface area contributed by atoms with E-state index in [0.717, 1.165) is 38.9 Å². The van der Waals surface area contributed by atoms with Gasteiger partial charge in [-0.3, -0.25) is 0 Å². The minimum absolute atomic E-state index is 0.219. The molecule has 2 heteroatoms. The lowest BCUT2D eigenvalue weighted by molar-refractivity contribution is 0.587. The number of aryl methyl sites for hydroxylation is 1. The Balaban J connectivity index is 2.84. The number of hydrogen-bond acceptors (Lipinski definition) is 2. The van der Waals surface area contributed by atoms with Crippen molar-refractivity contribution in [3.05, 3.63) is 34.9 Å². The fourth-order valence-corrected chi connectivity index (χ4v) is 2.37. The van der Waals surface area contributed by atoms with Gasteiger partial charge >= 0.3 is 0 Å². The SMILES string of the molecule is CCNCCc1cc(CCCCN)cc(C(C)(C)C)c1. The van der Waals surface area contributed by atoms with E-state index < -0.39 is 0 Å². The summed E-state index contributed by atoms with van der Waals surface area (Å²) >= 11 is 0. The zero-order valence-electron chi connectivity index (χ0n) is 13.8. The van der Waals surface area contributed by atoms with E-state index in [4.69, 9.17) is 5.73 Å². The van der Waals surface area contributed by atoms with Gasteiger partial charge in [-0.15, -0.1) is 0 Å². The minimum atomic E-state index is 0.219. The molecule has 20 heavy (non-hydrogen) atoms. The van der Waals surface area contributed by atoms with Crippen LogP contribution in [0.3, 0.4) is 0 Å². The molecule has 0 aliphatic rings. The van der Waals surface area contributed by atoms with E-state index in [0.29, 0.717) is 0 Å². The molecular formula is C18H32N2. The van der Waals surface area contributed by atoms with Gasteiger partial charge in [0.15, 0.2) is 0 Å². The summed E-state index contributed by atoms with van der Waals surface area (Å²) in [6.45, 7) is 11.9. The Labute approximate surface area is 125 Å². The van der Waals surface area contributed by atoms with Gasteiger partial charge in [0.05, 0.1) is 0 Å². The highest BCUT2D eigenvalue weighted by Gasteiger charge is 2.15. The lowest BCUT2D eigenvalue weighted by atomic mass is 9.84. The van der Waals surface area contributed by atoms with Gasteiger partial charge < -0.3 is 11.1 Å². The average Bonchev–Trinajstić information content (AvgIpc) is 2.38. The lowest BCUT2D eigenvalue weighted by Crippen LogP contribution is -2.17. The van der Waals surface area contributed by atoms with Crippen LogP contribution in [0.5, 0.6) is 0 Å². The van der Waals surface area contributed by atoms with Crippen LogP contribution in [-0.4, -0.2) is 19.6 Å². The summed E-state index contributed by atoms with van der Waals surface area (Å²) < 4.78 is 0. The molecule has 0 unspecified atom stereocenters. The van der Waals surface area contributed by atoms with Crippen LogP contribution in [0.1, 0.15) is 57.2 Å². The zero-order chi connectivity index (χ0) is 15.0. The van der Waals surface area contributed by atoms with Crippen molar-refractivity contribution in [3.8, 4) is 0 Å². The van der Waals surface area contributed by atoms with Crippen LogP contribution in [0.25, 0.3) is 0 Å². The zero-order valence-corrected chi connectivity index (χ0v) is 13.8. The molecule has 0 radical (unpaired) electrons. The molecule has 0 atom stereocenters. The van der Waals surface area contributed by atoms with Crippen LogP contribution in [-0.2, 0) is 18.3 Å². The van der Waals surface area contributed by atoms with Gasteiger partial charge in [0.25, 0.3) is 0 Å². The molecule has 0 aliphatic heterocycles. The number of unbranched alkanes of at least 4 members (excludes halogenated alkanes) is 1. The molecule has 3 N–H and O–H groups in total. The molecule has 0 bridgehead atoms. The first-order valence-electron chi connectivity index (χ1n) is 8.01. The van der Waals surface area contributed by atoms with Gasteiger partial charge in [0.1, 0.15) is 0 Å². The molecule has 0 fully saturated rings. The van der Waals surface area contributed by atoms with E-state index in [-0.39, 0.29) is 5.41 Å². The van der Waals surface area contributed by atoms with Crippen molar-refractivity contribution in [3.63, 3.8) is 0 Å². The third-order valence-electron chi connectivity index (χ3n) is 3.68. The fraction of sp³-hybridized carbons (Fsp3) is 0.667. The molecular weight excluding hydrogens is 244 g/mol. The van der Waals surface area contributed by atoms with Crippen molar-refractivity contribution in [1.29, 1.82) is 0 Å². The third kappa shape index (κ3) is 6.06. The van der Waals surface area contributed by atoms with Crippen molar-refractivity contribution >= 4 is 0 Å². The summed E-state index contributed by atoms with van der Waals surface area (Å²) in [6, 6.07) is 7.14. The summed E-state index contributed by atoms with van der Waals surface area (Å²) in [5.74, 6) is 0. The van der Waals surface area contributed by atoms with Crippen LogP contribution >= 0.6 is 0 Å². The van der Waals surface area contributed by atoms with E-state index in [9.17, 15) is 0 Å². The molecule has 1 aromatic rings. The van der Waals surface area contributed by atoms with Crippen molar-refractivity contribution in [2.75, 3.05) is 19.6 Å². The smallest absolute Gasteiger partial charge is 0.000846 e. The molecule has 0 saturated carbocycles. The monoisotopic (exact) mass is 276 g/mol. The highest BCUT2D eigenvalue weighted by atomic mass is 14.8. The molecule has 0 heterocycles. The Morgan fingerprint density at radius 3 is 2.20 bits per heavy atom. The van der Waals surface area contributed by atoms with Crippen molar-refractivity contribution in [2.24, 2.45) is 5.73 Å². The Morgan fingerprint density at radius 1 is 1.00 bits per heavy atom. The Bertz CT molecular complexity index is 363. The van der Waals surface area contributed by atoms with Gasteiger partial charge in [-0.25, -0.2) is 0 Å². The average molecular weight is 276 g/mol. The number of nitrogens with one attached hydrogen (secondary N) is 1. The van der Waals surface area contributed by atoms with Crippen LogP contribution in [0, 0.1) is 0 Å². The summed E-state index contributed by atoms with van der Waals surface area (Å²) in [6.07, 6.45) is 4.57. The molecule has 0 aliphatic carbocycles. The van der Waals surface area contributed by atoms with Gasteiger partial charge in [-0.2, -0.15) is 0 Å². The number of likely N-dealkylation sites (N-methyl/N-ethyl adjacent to an activating group) is 1. The molecule has 0 spiro atoms. The predicted molar refractivity (Wildman–Crippen MR) is 89.4 cm³/mol. The highest BCUT2D eigenvalue weighted by molar-refractivity contribution is 5.34. The van der Waals surface area contributed by atoms with Crippen molar-refractivity contribution in [2.45, 2.75) is 58.8 Å². The molecule has 1 rings (SSSR count). The van der Waals surface area contributed by atoms with Gasteiger partial charge in [-0.05, 0) is 67.4 Å². The summed E-state index contributed by atoms with van der Waals surface area (Å²) in [4.78, 5) is 0. The van der Waals surface area contributed by atoms with E-state index in [1.54, 1.807) is 0 Å². The maximum Gasteiger partial charge on any atom is -0.000846 e. The summed E-state index contributed by atoms with van der Waals surface area (Å²) in [5, 5.41) is 3.41. The number of rotatable bonds is 8. The van der Waals surface area contributed by atoms with Crippen LogP contribution in [0.4, 0.5) is 0 Å². The Kier molecular flexibility index (Phi) is 7.25. The second-order valence-electron chi connectivity index (χ2n) is 6.64. The number of benzene rings is 1. The van der Waals surface area contributed by atoms with E-state index in [1.165, 1.54) is 23.1 Å². The normalized spacial score (nSPS) is 11.8. The first-order chi connectivity index (χ1) is 9.47. The second-order valence-corrected chi connectivity index (χ2v) is 6.64. The van der Waals surface area contributed by atoms with Gasteiger partial charge in [0, 0.05) is 0 Å². The van der Waals surface area contributed by atoms with Crippen LogP contribution in [0.2, 0.25) is 0 Å². The topological polar surface area (TPSA) is 38.0 Å².